The van der Waals surface area contributed by atoms with Crippen molar-refractivity contribution in [2.45, 2.75) is 19.8 Å². The second-order valence-electron chi connectivity index (χ2n) is 3.63. The molecule has 0 aromatic heterocycles. The molecule has 0 N–H and O–H groups in total. The normalized spacial score (nSPS) is 10.5. The van der Waals surface area contributed by atoms with Crippen LogP contribution in [0.1, 0.15) is 25.3 Å². The molecule has 0 spiro atoms. The van der Waals surface area contributed by atoms with Gasteiger partial charge in [0.05, 0.1) is 13.7 Å². The number of benzene rings is 1. The first-order valence-electron chi connectivity index (χ1n) is 5.75. The molecule has 0 aliphatic rings. The van der Waals surface area contributed by atoms with Gasteiger partial charge in [-0.25, -0.2) is 4.79 Å². The van der Waals surface area contributed by atoms with Gasteiger partial charge in [-0.15, -0.1) is 0 Å². The van der Waals surface area contributed by atoms with E-state index >= 15 is 0 Å². The quantitative estimate of drug-likeness (QED) is 0.431. The highest BCUT2D eigenvalue weighted by Gasteiger charge is 1.96. The van der Waals surface area contributed by atoms with Gasteiger partial charge in [0.15, 0.2) is 0 Å². The van der Waals surface area contributed by atoms with E-state index in [2.05, 4.69) is 6.92 Å². The van der Waals surface area contributed by atoms with Gasteiger partial charge in [-0.05, 0) is 30.2 Å². The van der Waals surface area contributed by atoms with E-state index in [4.69, 9.17) is 9.47 Å². The van der Waals surface area contributed by atoms with Gasteiger partial charge in [0, 0.05) is 6.08 Å². The van der Waals surface area contributed by atoms with E-state index in [1.165, 1.54) is 6.08 Å². The Morgan fingerprint density at radius 2 is 2.24 bits per heavy atom. The summed E-state index contributed by atoms with van der Waals surface area (Å²) < 4.78 is 10.1. The van der Waals surface area contributed by atoms with E-state index in [9.17, 15) is 4.79 Å². The molecule has 1 rings (SSSR count). The van der Waals surface area contributed by atoms with Crippen molar-refractivity contribution in [1.82, 2.24) is 0 Å². The molecule has 0 radical (unpaired) electrons. The minimum Gasteiger partial charge on any atom is -0.497 e. The number of carbonyl (C=O) groups is 1. The molecule has 0 atom stereocenters. The van der Waals surface area contributed by atoms with Gasteiger partial charge in [-0.3, -0.25) is 0 Å². The zero-order chi connectivity index (χ0) is 12.5. The van der Waals surface area contributed by atoms with Gasteiger partial charge in [0.25, 0.3) is 0 Å². The lowest BCUT2D eigenvalue weighted by Crippen LogP contribution is -2.01. The minimum absolute atomic E-state index is 0.304. The standard InChI is InChI=1S/C14H18O3/c1-3-4-10-17-14(15)9-8-12-6-5-7-13(11-12)16-2/h5-9,11H,3-4,10H2,1-2H3. The number of esters is 1. The maximum Gasteiger partial charge on any atom is 0.330 e. The fraction of sp³-hybridized carbons (Fsp3) is 0.357. The summed E-state index contributed by atoms with van der Waals surface area (Å²) >= 11 is 0. The van der Waals surface area contributed by atoms with Crippen LogP contribution in [0.25, 0.3) is 6.08 Å². The Bertz CT molecular complexity index is 383. The molecule has 0 heterocycles. The maximum absolute atomic E-state index is 11.3. The van der Waals surface area contributed by atoms with Crippen molar-refractivity contribution in [1.29, 1.82) is 0 Å². The smallest absolute Gasteiger partial charge is 0.330 e. The van der Waals surface area contributed by atoms with Gasteiger partial charge in [0.2, 0.25) is 0 Å². The third kappa shape index (κ3) is 5.20. The van der Waals surface area contributed by atoms with Crippen molar-refractivity contribution in [3.63, 3.8) is 0 Å². The first-order chi connectivity index (χ1) is 8.26. The Morgan fingerprint density at radius 1 is 1.41 bits per heavy atom. The maximum atomic E-state index is 11.3. The van der Waals surface area contributed by atoms with Crippen LogP contribution in [-0.4, -0.2) is 19.7 Å². The van der Waals surface area contributed by atoms with Gasteiger partial charge in [-0.1, -0.05) is 25.5 Å². The lowest BCUT2D eigenvalue weighted by atomic mass is 10.2. The Hall–Kier alpha value is -1.77. The minimum atomic E-state index is -0.304. The van der Waals surface area contributed by atoms with Crippen LogP contribution in [0.3, 0.4) is 0 Å². The van der Waals surface area contributed by atoms with E-state index in [1.54, 1.807) is 13.2 Å². The molecule has 0 aliphatic carbocycles. The summed E-state index contributed by atoms with van der Waals surface area (Å²) in [6.07, 6.45) is 5.08. The summed E-state index contributed by atoms with van der Waals surface area (Å²) in [5.74, 6) is 0.466. The highest BCUT2D eigenvalue weighted by atomic mass is 16.5. The lowest BCUT2D eigenvalue weighted by molar-refractivity contribution is -0.137. The predicted octanol–water partition coefficient (Wildman–Crippen LogP) is 3.05. The second-order valence-corrected chi connectivity index (χ2v) is 3.63. The molecule has 1 aromatic carbocycles. The largest absolute Gasteiger partial charge is 0.497 e. The molecule has 17 heavy (non-hydrogen) atoms. The number of rotatable bonds is 6. The Kier molecular flexibility index (Phi) is 5.86. The van der Waals surface area contributed by atoms with Crippen molar-refractivity contribution in [2.24, 2.45) is 0 Å². The molecule has 0 fully saturated rings. The number of methoxy groups -OCH3 is 1. The number of ether oxygens (including phenoxy) is 2. The average Bonchev–Trinajstić information content (AvgIpc) is 2.37. The van der Waals surface area contributed by atoms with Gasteiger partial charge < -0.3 is 9.47 Å². The first-order valence-corrected chi connectivity index (χ1v) is 5.75. The van der Waals surface area contributed by atoms with Crippen LogP contribution in [0.5, 0.6) is 5.75 Å². The van der Waals surface area contributed by atoms with Crippen molar-refractivity contribution >= 4 is 12.0 Å². The summed E-state index contributed by atoms with van der Waals surface area (Å²) in [4.78, 5) is 11.3. The fourth-order valence-corrected chi connectivity index (χ4v) is 1.27. The van der Waals surface area contributed by atoms with Crippen LogP contribution in [-0.2, 0) is 9.53 Å². The number of carbonyl (C=O) groups excluding carboxylic acids is 1. The first kappa shape index (κ1) is 13.3. The zero-order valence-electron chi connectivity index (χ0n) is 10.3. The summed E-state index contributed by atoms with van der Waals surface area (Å²) in [7, 11) is 1.61. The Balaban J connectivity index is 2.48. The molecular formula is C14H18O3. The number of hydrogen-bond donors (Lipinski definition) is 0. The van der Waals surface area contributed by atoms with E-state index in [0.29, 0.717) is 6.61 Å². The molecular weight excluding hydrogens is 216 g/mol. The SMILES string of the molecule is CCCCOC(=O)C=Cc1cccc(OC)c1. The van der Waals surface area contributed by atoms with E-state index < -0.39 is 0 Å². The van der Waals surface area contributed by atoms with Crippen LogP contribution >= 0.6 is 0 Å². The van der Waals surface area contributed by atoms with Crippen molar-refractivity contribution in [2.75, 3.05) is 13.7 Å². The topological polar surface area (TPSA) is 35.5 Å². The molecule has 0 amide bonds. The summed E-state index contributed by atoms with van der Waals surface area (Å²) in [6, 6.07) is 7.49. The molecule has 0 unspecified atom stereocenters. The summed E-state index contributed by atoms with van der Waals surface area (Å²) in [5, 5.41) is 0. The van der Waals surface area contributed by atoms with Gasteiger partial charge >= 0.3 is 5.97 Å². The molecule has 0 saturated carbocycles. The molecule has 3 heteroatoms. The van der Waals surface area contributed by atoms with Gasteiger partial charge in [0.1, 0.15) is 5.75 Å². The third-order valence-corrected chi connectivity index (χ3v) is 2.25. The molecule has 92 valence electrons. The molecule has 0 saturated heterocycles. The van der Waals surface area contributed by atoms with Crippen molar-refractivity contribution in [3.05, 3.63) is 35.9 Å². The van der Waals surface area contributed by atoms with Crippen LogP contribution in [0.4, 0.5) is 0 Å². The second kappa shape index (κ2) is 7.49. The van der Waals surface area contributed by atoms with E-state index in [1.807, 2.05) is 24.3 Å². The predicted molar refractivity (Wildman–Crippen MR) is 67.9 cm³/mol. The fourth-order valence-electron chi connectivity index (χ4n) is 1.27. The summed E-state index contributed by atoms with van der Waals surface area (Å²) in [6.45, 7) is 2.54. The molecule has 0 bridgehead atoms. The van der Waals surface area contributed by atoms with E-state index in [0.717, 1.165) is 24.2 Å². The molecule has 3 nitrogen and oxygen atoms in total. The van der Waals surface area contributed by atoms with Crippen LogP contribution in [0.2, 0.25) is 0 Å². The number of unbranched alkanes of at least 4 members (excludes halogenated alkanes) is 1. The number of hydrogen-bond acceptors (Lipinski definition) is 3. The highest BCUT2D eigenvalue weighted by Crippen LogP contribution is 2.13. The van der Waals surface area contributed by atoms with Crippen LogP contribution < -0.4 is 4.74 Å². The molecule has 1 aromatic rings. The third-order valence-electron chi connectivity index (χ3n) is 2.25. The lowest BCUT2D eigenvalue weighted by Gasteiger charge is -2.01. The average molecular weight is 234 g/mol. The van der Waals surface area contributed by atoms with Gasteiger partial charge in [-0.2, -0.15) is 0 Å². The van der Waals surface area contributed by atoms with Crippen molar-refractivity contribution in [3.8, 4) is 5.75 Å². The van der Waals surface area contributed by atoms with Crippen LogP contribution in [0, 0.1) is 0 Å². The monoisotopic (exact) mass is 234 g/mol. The highest BCUT2D eigenvalue weighted by molar-refractivity contribution is 5.87. The summed E-state index contributed by atoms with van der Waals surface area (Å²) in [5.41, 5.74) is 0.914. The van der Waals surface area contributed by atoms with E-state index in [-0.39, 0.29) is 5.97 Å². The van der Waals surface area contributed by atoms with Crippen LogP contribution in [0.15, 0.2) is 30.3 Å². The Labute approximate surface area is 102 Å². The Morgan fingerprint density at radius 3 is 2.94 bits per heavy atom. The van der Waals surface area contributed by atoms with Crippen molar-refractivity contribution < 1.29 is 14.3 Å². The zero-order valence-corrected chi connectivity index (χ0v) is 10.3. The molecule has 0 aliphatic heterocycles.